The minimum absolute atomic E-state index is 0.248. The van der Waals surface area contributed by atoms with Gasteiger partial charge in [0.25, 0.3) is 10.2 Å². The van der Waals surface area contributed by atoms with Crippen molar-refractivity contribution in [1.29, 1.82) is 0 Å². The van der Waals surface area contributed by atoms with E-state index in [0.29, 0.717) is 32.4 Å². The van der Waals surface area contributed by atoms with E-state index in [1.54, 1.807) is 13.8 Å². The fourth-order valence-electron chi connectivity index (χ4n) is 2.16. The SMILES string of the molecule is CCN(CC)S(=O)(=O)NC1CCC(C(=O)O)C1. The van der Waals surface area contributed by atoms with Crippen molar-refractivity contribution in [2.75, 3.05) is 13.1 Å². The molecule has 0 bridgehead atoms. The first-order valence-corrected chi connectivity index (χ1v) is 7.34. The summed E-state index contributed by atoms with van der Waals surface area (Å²) in [6.45, 7) is 4.39. The summed E-state index contributed by atoms with van der Waals surface area (Å²) in [6.07, 6.45) is 1.52. The fourth-order valence-corrected chi connectivity index (χ4v) is 3.63. The largest absolute Gasteiger partial charge is 0.481 e. The highest BCUT2D eigenvalue weighted by molar-refractivity contribution is 7.87. The minimum Gasteiger partial charge on any atom is -0.481 e. The van der Waals surface area contributed by atoms with Crippen molar-refractivity contribution in [1.82, 2.24) is 9.03 Å². The standard InChI is InChI=1S/C10H20N2O4S/c1-3-12(4-2)17(15,16)11-9-6-5-8(7-9)10(13)14/h8-9,11H,3-7H2,1-2H3,(H,13,14). The first kappa shape index (κ1) is 14.4. The van der Waals surface area contributed by atoms with Crippen LogP contribution in [0.2, 0.25) is 0 Å². The zero-order valence-electron chi connectivity index (χ0n) is 10.2. The Hall–Kier alpha value is -0.660. The number of hydrogen-bond donors (Lipinski definition) is 2. The molecule has 1 saturated carbocycles. The Kier molecular flexibility index (Phi) is 4.91. The summed E-state index contributed by atoms with van der Waals surface area (Å²) in [6, 6.07) is -0.248. The van der Waals surface area contributed by atoms with Crippen LogP contribution in [0.1, 0.15) is 33.1 Å². The molecule has 1 aliphatic rings. The molecule has 7 heteroatoms. The van der Waals surface area contributed by atoms with E-state index >= 15 is 0 Å². The van der Waals surface area contributed by atoms with Crippen LogP contribution in [-0.4, -0.2) is 42.9 Å². The Bertz CT molecular complexity index is 365. The van der Waals surface area contributed by atoms with Crippen molar-refractivity contribution in [3.8, 4) is 0 Å². The molecule has 2 unspecified atom stereocenters. The van der Waals surface area contributed by atoms with Gasteiger partial charge in [-0.2, -0.15) is 17.4 Å². The molecule has 17 heavy (non-hydrogen) atoms. The molecule has 0 saturated heterocycles. The van der Waals surface area contributed by atoms with E-state index in [1.165, 1.54) is 4.31 Å². The van der Waals surface area contributed by atoms with Crippen molar-refractivity contribution < 1.29 is 18.3 Å². The van der Waals surface area contributed by atoms with Gasteiger partial charge in [0.1, 0.15) is 0 Å². The highest BCUT2D eigenvalue weighted by Crippen LogP contribution is 2.26. The maximum atomic E-state index is 11.9. The van der Waals surface area contributed by atoms with Gasteiger partial charge in [0.2, 0.25) is 0 Å². The second-order valence-corrected chi connectivity index (χ2v) is 5.95. The summed E-state index contributed by atoms with van der Waals surface area (Å²) in [7, 11) is -3.46. The molecule has 0 aromatic heterocycles. The molecule has 6 nitrogen and oxygen atoms in total. The molecule has 2 atom stereocenters. The molecule has 0 radical (unpaired) electrons. The zero-order chi connectivity index (χ0) is 13.1. The minimum atomic E-state index is -3.46. The summed E-state index contributed by atoms with van der Waals surface area (Å²) >= 11 is 0. The highest BCUT2D eigenvalue weighted by Gasteiger charge is 2.33. The van der Waals surface area contributed by atoms with Crippen LogP contribution in [0.15, 0.2) is 0 Å². The number of nitrogens with zero attached hydrogens (tertiary/aromatic N) is 1. The molecule has 0 spiro atoms. The van der Waals surface area contributed by atoms with Gasteiger partial charge in [0.15, 0.2) is 0 Å². The summed E-state index contributed by atoms with van der Waals surface area (Å²) in [5.74, 6) is -1.26. The number of carboxylic acid groups (broad SMARTS) is 1. The second-order valence-electron chi connectivity index (χ2n) is 4.25. The Morgan fingerprint density at radius 1 is 1.35 bits per heavy atom. The van der Waals surface area contributed by atoms with Crippen LogP contribution in [0.4, 0.5) is 0 Å². The Labute approximate surface area is 102 Å². The summed E-state index contributed by atoms with van der Waals surface area (Å²) < 4.78 is 27.7. The van der Waals surface area contributed by atoms with Crippen LogP contribution in [0.3, 0.4) is 0 Å². The lowest BCUT2D eigenvalue weighted by molar-refractivity contribution is -0.141. The highest BCUT2D eigenvalue weighted by atomic mass is 32.2. The maximum Gasteiger partial charge on any atom is 0.306 e. The number of carbonyl (C=O) groups is 1. The predicted molar refractivity (Wildman–Crippen MR) is 63.7 cm³/mol. The van der Waals surface area contributed by atoms with Crippen LogP contribution in [0, 0.1) is 5.92 Å². The average molecular weight is 264 g/mol. The van der Waals surface area contributed by atoms with E-state index in [1.807, 2.05) is 0 Å². The van der Waals surface area contributed by atoms with Crippen LogP contribution in [-0.2, 0) is 15.0 Å². The van der Waals surface area contributed by atoms with E-state index in [0.717, 1.165) is 0 Å². The Morgan fingerprint density at radius 3 is 2.35 bits per heavy atom. The van der Waals surface area contributed by atoms with Crippen molar-refractivity contribution >= 4 is 16.2 Å². The number of aliphatic carboxylic acids is 1. The molecular weight excluding hydrogens is 244 g/mol. The third kappa shape index (κ3) is 3.65. The molecule has 0 heterocycles. The first-order valence-electron chi connectivity index (χ1n) is 5.90. The topological polar surface area (TPSA) is 86.7 Å². The van der Waals surface area contributed by atoms with Crippen LogP contribution >= 0.6 is 0 Å². The predicted octanol–water partition coefficient (Wildman–Crippen LogP) is 0.416. The van der Waals surface area contributed by atoms with E-state index in [9.17, 15) is 13.2 Å². The molecule has 100 valence electrons. The smallest absolute Gasteiger partial charge is 0.306 e. The molecule has 1 rings (SSSR count). The molecule has 1 aliphatic carbocycles. The van der Waals surface area contributed by atoms with E-state index in [4.69, 9.17) is 5.11 Å². The van der Waals surface area contributed by atoms with Gasteiger partial charge < -0.3 is 5.11 Å². The molecular formula is C10H20N2O4S. The van der Waals surface area contributed by atoms with Crippen LogP contribution < -0.4 is 4.72 Å². The molecule has 1 fully saturated rings. The van der Waals surface area contributed by atoms with Gasteiger partial charge in [-0.15, -0.1) is 0 Å². The van der Waals surface area contributed by atoms with E-state index in [-0.39, 0.29) is 6.04 Å². The van der Waals surface area contributed by atoms with E-state index in [2.05, 4.69) is 4.72 Å². The van der Waals surface area contributed by atoms with Gasteiger partial charge in [-0.1, -0.05) is 13.8 Å². The van der Waals surface area contributed by atoms with Crippen molar-refractivity contribution in [2.45, 2.75) is 39.2 Å². The molecule has 2 N–H and O–H groups in total. The lowest BCUT2D eigenvalue weighted by Crippen LogP contribution is -2.44. The van der Waals surface area contributed by atoms with Gasteiger partial charge in [0, 0.05) is 19.1 Å². The van der Waals surface area contributed by atoms with Gasteiger partial charge >= 0.3 is 5.97 Å². The Morgan fingerprint density at radius 2 is 1.94 bits per heavy atom. The van der Waals surface area contributed by atoms with Gasteiger partial charge in [-0.05, 0) is 19.3 Å². The Balaban J connectivity index is 2.58. The first-order chi connectivity index (χ1) is 7.90. The zero-order valence-corrected chi connectivity index (χ0v) is 11.0. The molecule has 0 aliphatic heterocycles. The lowest BCUT2D eigenvalue weighted by Gasteiger charge is -2.21. The molecule has 0 aromatic rings. The normalized spacial score (nSPS) is 25.4. The third-order valence-electron chi connectivity index (χ3n) is 3.14. The number of hydrogen-bond acceptors (Lipinski definition) is 3. The lowest BCUT2D eigenvalue weighted by atomic mass is 10.1. The molecule has 0 aromatic carbocycles. The van der Waals surface area contributed by atoms with Crippen molar-refractivity contribution in [3.05, 3.63) is 0 Å². The fraction of sp³-hybridized carbons (Fsp3) is 0.900. The second kappa shape index (κ2) is 5.79. The number of carboxylic acids is 1. The van der Waals surface area contributed by atoms with Crippen molar-refractivity contribution in [3.63, 3.8) is 0 Å². The monoisotopic (exact) mass is 264 g/mol. The quantitative estimate of drug-likeness (QED) is 0.727. The number of rotatable bonds is 6. The summed E-state index contributed by atoms with van der Waals surface area (Å²) in [5, 5.41) is 8.84. The third-order valence-corrected chi connectivity index (χ3v) is 4.97. The maximum absolute atomic E-state index is 11.9. The van der Waals surface area contributed by atoms with Crippen molar-refractivity contribution in [2.24, 2.45) is 5.92 Å². The molecule has 0 amide bonds. The number of nitrogens with one attached hydrogen (secondary N) is 1. The average Bonchev–Trinajstić information content (AvgIpc) is 2.66. The summed E-state index contributed by atoms with van der Waals surface area (Å²) in [4.78, 5) is 10.8. The van der Waals surface area contributed by atoms with Crippen LogP contribution in [0.5, 0.6) is 0 Å². The summed E-state index contributed by atoms with van der Waals surface area (Å²) in [5.41, 5.74) is 0. The van der Waals surface area contributed by atoms with Crippen LogP contribution in [0.25, 0.3) is 0 Å². The van der Waals surface area contributed by atoms with Gasteiger partial charge in [0.05, 0.1) is 5.92 Å². The van der Waals surface area contributed by atoms with E-state index < -0.39 is 22.1 Å². The van der Waals surface area contributed by atoms with Gasteiger partial charge in [-0.25, -0.2) is 0 Å². The van der Waals surface area contributed by atoms with Gasteiger partial charge in [-0.3, -0.25) is 4.79 Å².